The Morgan fingerprint density at radius 2 is 1.90 bits per heavy atom. The van der Waals surface area contributed by atoms with Gasteiger partial charge >= 0.3 is 5.97 Å². The average molecular weight is 289 g/mol. The van der Waals surface area contributed by atoms with E-state index in [0.29, 0.717) is 25.1 Å². The van der Waals surface area contributed by atoms with Crippen molar-refractivity contribution in [2.24, 2.45) is 5.92 Å². The smallest absolute Gasteiger partial charge is 0.308 e. The molecule has 1 aromatic rings. The molecule has 21 heavy (non-hydrogen) atoms. The molecule has 1 saturated heterocycles. The molecule has 5 nitrogen and oxygen atoms in total. The fraction of sp³-hybridized carbons (Fsp3) is 0.438. The Hall–Kier alpha value is -2.17. The van der Waals surface area contributed by atoms with Crippen LogP contribution in [-0.4, -0.2) is 40.8 Å². The molecular weight excluding hydrogens is 270 g/mol. The normalized spacial score (nSPS) is 18.3. The lowest BCUT2D eigenvalue weighted by molar-refractivity contribution is -0.145. The van der Waals surface area contributed by atoms with E-state index in [1.807, 2.05) is 0 Å². The minimum absolute atomic E-state index is 0.00629. The Kier molecular flexibility index (Phi) is 4.73. The van der Waals surface area contributed by atoms with E-state index in [1.54, 1.807) is 29.2 Å². The van der Waals surface area contributed by atoms with Crippen LogP contribution < -0.4 is 0 Å². The number of ketones is 1. The number of carbonyl (C=O) groups is 3. The number of likely N-dealkylation sites (tertiary alicyclic amines) is 1. The molecule has 0 bridgehead atoms. The van der Waals surface area contributed by atoms with Crippen LogP contribution in [0.15, 0.2) is 24.3 Å². The van der Waals surface area contributed by atoms with Crippen LogP contribution in [-0.2, 0) is 16.0 Å². The van der Waals surface area contributed by atoms with Gasteiger partial charge < -0.3 is 10.0 Å². The number of aliphatic carboxylic acids is 1. The maximum atomic E-state index is 12.2. The molecule has 0 radical (unpaired) electrons. The lowest BCUT2D eigenvalue weighted by Gasteiger charge is -2.30. The van der Waals surface area contributed by atoms with E-state index in [4.69, 9.17) is 5.11 Å². The number of amides is 1. The summed E-state index contributed by atoms with van der Waals surface area (Å²) in [6, 6.07) is 6.96. The number of carboxylic acid groups (broad SMARTS) is 1. The van der Waals surface area contributed by atoms with E-state index >= 15 is 0 Å². The third kappa shape index (κ3) is 3.90. The fourth-order valence-electron chi connectivity index (χ4n) is 2.55. The largest absolute Gasteiger partial charge is 0.481 e. The molecule has 1 unspecified atom stereocenters. The summed E-state index contributed by atoms with van der Waals surface area (Å²) in [4.78, 5) is 36.1. The highest BCUT2D eigenvalue weighted by Crippen LogP contribution is 2.18. The second kappa shape index (κ2) is 6.52. The first-order valence-electron chi connectivity index (χ1n) is 7.08. The van der Waals surface area contributed by atoms with Crippen molar-refractivity contribution in [2.75, 3.05) is 13.1 Å². The summed E-state index contributed by atoms with van der Waals surface area (Å²) in [7, 11) is 0. The van der Waals surface area contributed by atoms with Gasteiger partial charge in [0.2, 0.25) is 5.91 Å². The molecule has 1 heterocycles. The number of rotatable bonds is 4. The highest BCUT2D eigenvalue weighted by Gasteiger charge is 2.27. The number of carboxylic acids is 1. The first kappa shape index (κ1) is 15.2. The van der Waals surface area contributed by atoms with Crippen LogP contribution in [0, 0.1) is 5.92 Å². The molecule has 0 aliphatic carbocycles. The molecular formula is C16H19NO4. The van der Waals surface area contributed by atoms with Crippen molar-refractivity contribution in [1.82, 2.24) is 4.90 Å². The Morgan fingerprint density at radius 3 is 2.48 bits per heavy atom. The van der Waals surface area contributed by atoms with E-state index in [0.717, 1.165) is 12.0 Å². The van der Waals surface area contributed by atoms with Gasteiger partial charge in [0, 0.05) is 18.7 Å². The molecule has 1 aliphatic heterocycles. The monoisotopic (exact) mass is 289 g/mol. The van der Waals surface area contributed by atoms with Gasteiger partial charge in [0.25, 0.3) is 0 Å². The van der Waals surface area contributed by atoms with Gasteiger partial charge in [0.1, 0.15) is 0 Å². The molecule has 1 atom stereocenters. The van der Waals surface area contributed by atoms with Gasteiger partial charge in [-0.25, -0.2) is 0 Å². The van der Waals surface area contributed by atoms with Crippen LogP contribution in [0.25, 0.3) is 0 Å². The summed E-state index contributed by atoms with van der Waals surface area (Å²) in [6.45, 7) is 2.41. The van der Waals surface area contributed by atoms with Gasteiger partial charge in [0.15, 0.2) is 5.78 Å². The van der Waals surface area contributed by atoms with Crippen LogP contribution in [0.3, 0.4) is 0 Å². The van der Waals surface area contributed by atoms with Crippen molar-refractivity contribution in [1.29, 1.82) is 0 Å². The van der Waals surface area contributed by atoms with Crippen molar-refractivity contribution in [3.8, 4) is 0 Å². The van der Waals surface area contributed by atoms with Gasteiger partial charge in [0.05, 0.1) is 12.3 Å². The van der Waals surface area contributed by atoms with Crippen molar-refractivity contribution in [2.45, 2.75) is 26.2 Å². The SMILES string of the molecule is CC(=O)c1ccc(CC(=O)N2CCCC(C(=O)O)C2)cc1. The van der Waals surface area contributed by atoms with Crippen molar-refractivity contribution in [3.63, 3.8) is 0 Å². The van der Waals surface area contributed by atoms with Gasteiger partial charge in [-0.15, -0.1) is 0 Å². The van der Waals surface area contributed by atoms with E-state index in [1.165, 1.54) is 6.92 Å². The Morgan fingerprint density at radius 1 is 1.24 bits per heavy atom. The standard InChI is InChI=1S/C16H19NO4/c1-11(18)13-6-4-12(5-7-13)9-15(19)17-8-2-3-14(10-17)16(20)21/h4-7,14H,2-3,8-10H2,1H3,(H,20,21). The average Bonchev–Trinajstić information content (AvgIpc) is 2.48. The van der Waals surface area contributed by atoms with Gasteiger partial charge in [-0.05, 0) is 25.3 Å². The number of benzene rings is 1. The van der Waals surface area contributed by atoms with E-state index in [2.05, 4.69) is 0 Å². The lowest BCUT2D eigenvalue weighted by Crippen LogP contribution is -2.42. The Balaban J connectivity index is 1.97. The molecule has 1 amide bonds. The highest BCUT2D eigenvalue weighted by molar-refractivity contribution is 5.94. The second-order valence-corrected chi connectivity index (χ2v) is 5.45. The van der Waals surface area contributed by atoms with Gasteiger partial charge in [-0.1, -0.05) is 24.3 Å². The molecule has 0 saturated carbocycles. The maximum Gasteiger partial charge on any atom is 0.308 e. The fourth-order valence-corrected chi connectivity index (χ4v) is 2.55. The molecule has 1 fully saturated rings. The van der Waals surface area contributed by atoms with E-state index in [9.17, 15) is 14.4 Å². The predicted octanol–water partition coefficient (Wildman–Crippen LogP) is 1.75. The summed E-state index contributed by atoms with van der Waals surface area (Å²) in [5, 5.41) is 9.04. The Bertz CT molecular complexity index is 550. The van der Waals surface area contributed by atoms with Crippen LogP contribution in [0.1, 0.15) is 35.7 Å². The predicted molar refractivity (Wildman–Crippen MR) is 77.1 cm³/mol. The molecule has 0 aromatic heterocycles. The molecule has 1 N–H and O–H groups in total. The third-order valence-electron chi connectivity index (χ3n) is 3.84. The molecule has 2 rings (SSSR count). The molecule has 1 aliphatic rings. The van der Waals surface area contributed by atoms with Crippen molar-refractivity contribution < 1.29 is 19.5 Å². The van der Waals surface area contributed by atoms with Gasteiger partial charge in [-0.3, -0.25) is 14.4 Å². The summed E-state index contributed by atoms with van der Waals surface area (Å²) in [5.41, 5.74) is 1.46. The minimum atomic E-state index is -0.835. The van der Waals surface area contributed by atoms with Crippen LogP contribution in [0.4, 0.5) is 0 Å². The Labute approximate surface area is 123 Å². The summed E-state index contributed by atoms with van der Waals surface area (Å²) < 4.78 is 0. The van der Waals surface area contributed by atoms with Crippen molar-refractivity contribution in [3.05, 3.63) is 35.4 Å². The van der Waals surface area contributed by atoms with E-state index < -0.39 is 11.9 Å². The van der Waals surface area contributed by atoms with Crippen molar-refractivity contribution >= 4 is 17.7 Å². The summed E-state index contributed by atoms with van der Waals surface area (Å²) in [5.74, 6) is -1.36. The number of carbonyl (C=O) groups excluding carboxylic acids is 2. The lowest BCUT2D eigenvalue weighted by atomic mass is 9.97. The molecule has 1 aromatic carbocycles. The first-order chi connectivity index (χ1) is 9.97. The van der Waals surface area contributed by atoms with Gasteiger partial charge in [-0.2, -0.15) is 0 Å². The van der Waals surface area contributed by atoms with Crippen LogP contribution in [0.5, 0.6) is 0 Å². The zero-order valence-corrected chi connectivity index (χ0v) is 12.0. The number of nitrogens with zero attached hydrogens (tertiary/aromatic N) is 1. The molecule has 0 spiro atoms. The third-order valence-corrected chi connectivity index (χ3v) is 3.84. The first-order valence-corrected chi connectivity index (χ1v) is 7.08. The topological polar surface area (TPSA) is 74.7 Å². The maximum absolute atomic E-state index is 12.2. The highest BCUT2D eigenvalue weighted by atomic mass is 16.4. The van der Waals surface area contributed by atoms with E-state index in [-0.39, 0.29) is 18.1 Å². The summed E-state index contributed by atoms with van der Waals surface area (Å²) >= 11 is 0. The molecule has 5 heteroatoms. The number of piperidine rings is 1. The van der Waals surface area contributed by atoms with Crippen LogP contribution >= 0.6 is 0 Å². The number of hydrogen-bond acceptors (Lipinski definition) is 3. The number of hydrogen-bond donors (Lipinski definition) is 1. The zero-order chi connectivity index (χ0) is 15.4. The van der Waals surface area contributed by atoms with Crippen LogP contribution in [0.2, 0.25) is 0 Å². The zero-order valence-electron chi connectivity index (χ0n) is 12.0. The minimum Gasteiger partial charge on any atom is -0.481 e. The molecule has 112 valence electrons. The summed E-state index contributed by atoms with van der Waals surface area (Å²) in [6.07, 6.45) is 1.60. The number of Topliss-reactive ketones (excluding diaryl/α,β-unsaturated/α-hetero) is 1. The quantitative estimate of drug-likeness (QED) is 0.857. The second-order valence-electron chi connectivity index (χ2n) is 5.45.